The maximum Gasteiger partial charge on any atom is 0.422 e. The Morgan fingerprint density at radius 2 is 1.47 bits per heavy atom. The molecule has 1 N–H and O–H groups in total. The molecule has 0 bridgehead atoms. The van der Waals surface area contributed by atoms with Crippen LogP contribution in [0.25, 0.3) is 11.1 Å². The molecule has 3 rings (SSSR count). The molecular formula is C22H11F7N2O. The lowest BCUT2D eigenvalue weighted by Crippen LogP contribution is -2.20. The summed E-state index contributed by atoms with van der Waals surface area (Å²) in [5.41, 5.74) is -3.11. The summed E-state index contributed by atoms with van der Waals surface area (Å²) in [6.45, 7) is 1.79. The Balaban J connectivity index is 2.11. The van der Waals surface area contributed by atoms with Crippen LogP contribution >= 0.6 is 0 Å². The summed E-state index contributed by atoms with van der Waals surface area (Å²) in [6, 6.07) is 12.1. The highest BCUT2D eigenvalue weighted by Gasteiger charge is 2.42. The Hall–Kier alpha value is -3.87. The van der Waals surface area contributed by atoms with Crippen molar-refractivity contribution in [3.05, 3.63) is 88.0 Å². The van der Waals surface area contributed by atoms with Crippen molar-refractivity contribution in [2.75, 3.05) is 5.32 Å². The monoisotopic (exact) mass is 452 g/mol. The van der Waals surface area contributed by atoms with Crippen molar-refractivity contribution >= 4 is 11.6 Å². The summed E-state index contributed by atoms with van der Waals surface area (Å²) in [7, 11) is 0. The van der Waals surface area contributed by atoms with E-state index in [1.165, 1.54) is 12.1 Å². The number of carbonyl (C=O) groups excluding carboxylic acids is 1. The van der Waals surface area contributed by atoms with Crippen LogP contribution in [-0.2, 0) is 6.18 Å². The minimum Gasteiger partial charge on any atom is -0.317 e. The SMILES string of the molecule is Cc1ccc(-c2cc(C#N)ccc2C(=O)Nc2c(F)c(F)c(C(F)(F)F)c(F)c2F)cc1. The van der Waals surface area contributed by atoms with Gasteiger partial charge < -0.3 is 5.32 Å². The molecular weight excluding hydrogens is 441 g/mol. The van der Waals surface area contributed by atoms with Gasteiger partial charge in [-0.15, -0.1) is 0 Å². The second-order valence-electron chi connectivity index (χ2n) is 6.70. The maximum atomic E-state index is 14.2. The largest absolute Gasteiger partial charge is 0.422 e. The van der Waals surface area contributed by atoms with E-state index in [1.807, 2.05) is 6.07 Å². The van der Waals surface area contributed by atoms with Gasteiger partial charge in [-0.25, -0.2) is 17.6 Å². The Morgan fingerprint density at radius 3 is 1.97 bits per heavy atom. The number of nitrogens with one attached hydrogen (secondary N) is 1. The number of halogens is 7. The van der Waals surface area contributed by atoms with E-state index in [0.29, 0.717) is 5.56 Å². The van der Waals surface area contributed by atoms with Gasteiger partial charge in [0.2, 0.25) is 0 Å². The van der Waals surface area contributed by atoms with Crippen LogP contribution in [0.5, 0.6) is 0 Å². The molecule has 0 heterocycles. The van der Waals surface area contributed by atoms with Crippen molar-refractivity contribution in [3.8, 4) is 17.2 Å². The summed E-state index contributed by atoms with van der Waals surface area (Å²) < 4.78 is 94.2. The number of rotatable bonds is 3. The number of aryl methyl sites for hydroxylation is 1. The van der Waals surface area contributed by atoms with Crippen molar-refractivity contribution in [1.82, 2.24) is 0 Å². The van der Waals surface area contributed by atoms with Crippen molar-refractivity contribution in [2.24, 2.45) is 0 Å². The number of carbonyl (C=O) groups is 1. The van der Waals surface area contributed by atoms with Gasteiger partial charge in [-0.1, -0.05) is 29.8 Å². The van der Waals surface area contributed by atoms with Crippen LogP contribution in [0.1, 0.15) is 27.0 Å². The number of amides is 1. The van der Waals surface area contributed by atoms with Gasteiger partial charge >= 0.3 is 6.18 Å². The highest BCUT2D eigenvalue weighted by atomic mass is 19.4. The predicted octanol–water partition coefficient (Wildman–Crippen LogP) is 6.36. The van der Waals surface area contributed by atoms with E-state index in [0.717, 1.165) is 11.6 Å². The number of nitrogens with zero attached hydrogens (tertiary/aromatic N) is 1. The number of nitriles is 1. The van der Waals surface area contributed by atoms with Gasteiger partial charge in [0.15, 0.2) is 23.3 Å². The molecule has 3 aromatic carbocycles. The minimum absolute atomic E-state index is 0.140. The van der Waals surface area contributed by atoms with Gasteiger partial charge in [0.25, 0.3) is 5.91 Å². The van der Waals surface area contributed by atoms with E-state index in [9.17, 15) is 35.5 Å². The minimum atomic E-state index is -5.70. The molecule has 0 saturated heterocycles. The lowest BCUT2D eigenvalue weighted by Gasteiger charge is -2.16. The highest BCUT2D eigenvalue weighted by molar-refractivity contribution is 6.09. The number of hydrogen-bond donors (Lipinski definition) is 1. The molecule has 0 aromatic heterocycles. The molecule has 0 unspecified atom stereocenters. The number of alkyl halides is 3. The fraction of sp³-hybridized carbons (Fsp3) is 0.0909. The zero-order chi connectivity index (χ0) is 23.8. The average molecular weight is 452 g/mol. The van der Waals surface area contributed by atoms with E-state index in [2.05, 4.69) is 0 Å². The molecule has 10 heteroatoms. The third-order valence-electron chi connectivity index (χ3n) is 4.54. The van der Waals surface area contributed by atoms with Crippen molar-refractivity contribution in [1.29, 1.82) is 5.26 Å². The molecule has 32 heavy (non-hydrogen) atoms. The zero-order valence-electron chi connectivity index (χ0n) is 16.0. The van der Waals surface area contributed by atoms with E-state index in [-0.39, 0.29) is 16.7 Å². The lowest BCUT2D eigenvalue weighted by molar-refractivity contribution is -0.143. The van der Waals surface area contributed by atoms with Crippen LogP contribution < -0.4 is 5.32 Å². The zero-order valence-corrected chi connectivity index (χ0v) is 16.0. The predicted molar refractivity (Wildman–Crippen MR) is 101 cm³/mol. The molecule has 164 valence electrons. The number of benzene rings is 3. The van der Waals surface area contributed by atoms with E-state index >= 15 is 0 Å². The first-order valence-corrected chi connectivity index (χ1v) is 8.81. The van der Waals surface area contributed by atoms with Crippen molar-refractivity contribution < 1.29 is 35.5 Å². The van der Waals surface area contributed by atoms with Gasteiger partial charge in [0, 0.05) is 5.56 Å². The topological polar surface area (TPSA) is 52.9 Å². The molecule has 3 aromatic rings. The molecule has 0 aliphatic carbocycles. The molecule has 0 atom stereocenters. The molecule has 1 amide bonds. The van der Waals surface area contributed by atoms with E-state index in [1.54, 1.807) is 36.5 Å². The normalized spacial score (nSPS) is 11.2. The average Bonchev–Trinajstić information content (AvgIpc) is 2.74. The van der Waals surface area contributed by atoms with Crippen molar-refractivity contribution in [3.63, 3.8) is 0 Å². The summed E-state index contributed by atoms with van der Waals surface area (Å²) in [5.74, 6) is -11.5. The summed E-state index contributed by atoms with van der Waals surface area (Å²) >= 11 is 0. The Bertz CT molecular complexity index is 1230. The third kappa shape index (κ3) is 4.14. The molecule has 0 spiro atoms. The third-order valence-corrected chi connectivity index (χ3v) is 4.54. The summed E-state index contributed by atoms with van der Waals surface area (Å²) in [4.78, 5) is 12.7. The molecule has 3 nitrogen and oxygen atoms in total. The van der Waals surface area contributed by atoms with E-state index < -0.39 is 46.6 Å². The Labute approximate surface area is 176 Å². The Morgan fingerprint density at radius 1 is 0.906 bits per heavy atom. The van der Waals surface area contributed by atoms with Gasteiger partial charge in [0.05, 0.1) is 11.6 Å². The van der Waals surface area contributed by atoms with Crippen LogP contribution in [0.15, 0.2) is 42.5 Å². The Kier molecular flexibility index (Phi) is 5.94. The molecule has 0 saturated carbocycles. The van der Waals surface area contributed by atoms with E-state index in [4.69, 9.17) is 5.26 Å². The lowest BCUT2D eigenvalue weighted by atomic mass is 9.96. The first kappa shape index (κ1) is 22.8. The van der Waals surface area contributed by atoms with Crippen LogP contribution in [0.3, 0.4) is 0 Å². The van der Waals surface area contributed by atoms with Crippen LogP contribution in [0, 0.1) is 41.5 Å². The number of hydrogen-bond acceptors (Lipinski definition) is 2. The molecule has 0 radical (unpaired) electrons. The van der Waals surface area contributed by atoms with Crippen LogP contribution in [-0.4, -0.2) is 5.91 Å². The maximum absolute atomic E-state index is 14.2. The molecule has 0 aliphatic heterocycles. The smallest absolute Gasteiger partial charge is 0.317 e. The van der Waals surface area contributed by atoms with Gasteiger partial charge in [-0.3, -0.25) is 4.79 Å². The standard InChI is InChI=1S/C22H11F7N2O/c1-10-2-5-12(6-3-10)14-8-11(9-30)4-7-13(14)21(32)31-20-18(25)16(23)15(22(27,28)29)17(24)19(20)26/h2-8H,1H3,(H,31,32). The molecule has 0 aliphatic rings. The highest BCUT2D eigenvalue weighted by Crippen LogP contribution is 2.38. The second-order valence-corrected chi connectivity index (χ2v) is 6.70. The molecule has 0 fully saturated rings. The van der Waals surface area contributed by atoms with Gasteiger partial charge in [-0.05, 0) is 36.2 Å². The summed E-state index contributed by atoms with van der Waals surface area (Å²) in [6.07, 6.45) is -5.70. The van der Waals surface area contributed by atoms with Crippen LogP contribution in [0.2, 0.25) is 0 Å². The number of anilines is 1. The van der Waals surface area contributed by atoms with Crippen molar-refractivity contribution in [2.45, 2.75) is 13.1 Å². The quantitative estimate of drug-likeness (QED) is 0.371. The summed E-state index contributed by atoms with van der Waals surface area (Å²) in [5, 5.41) is 10.7. The van der Waals surface area contributed by atoms with Gasteiger partial charge in [-0.2, -0.15) is 18.4 Å². The fourth-order valence-electron chi connectivity index (χ4n) is 2.95. The van der Waals surface area contributed by atoms with Crippen LogP contribution in [0.4, 0.5) is 36.4 Å². The fourth-order valence-corrected chi connectivity index (χ4v) is 2.95. The first-order chi connectivity index (χ1) is 15.0. The second kappa shape index (κ2) is 8.34. The first-order valence-electron chi connectivity index (χ1n) is 8.81. The van der Waals surface area contributed by atoms with Gasteiger partial charge in [0.1, 0.15) is 11.3 Å².